The van der Waals surface area contributed by atoms with E-state index in [1.807, 2.05) is 25.1 Å². The number of halogens is 2. The molecule has 0 radical (unpaired) electrons. The van der Waals surface area contributed by atoms with E-state index in [1.54, 1.807) is 29.3 Å². The smallest absolute Gasteiger partial charge is 0.258 e. The van der Waals surface area contributed by atoms with E-state index in [2.05, 4.69) is 20.9 Å². The first-order valence-corrected chi connectivity index (χ1v) is 8.32. The minimum atomic E-state index is -0.118. The number of carbonyl (C=O) groups is 1. The van der Waals surface area contributed by atoms with E-state index in [0.717, 1.165) is 15.8 Å². The van der Waals surface area contributed by atoms with E-state index in [-0.39, 0.29) is 12.5 Å². The van der Waals surface area contributed by atoms with Crippen LogP contribution in [0.25, 0.3) is 6.08 Å². The number of nitrogens with zero attached hydrogens (tertiary/aromatic N) is 2. The van der Waals surface area contributed by atoms with Crippen molar-refractivity contribution in [1.82, 2.24) is 4.98 Å². The zero-order valence-corrected chi connectivity index (χ0v) is 14.8. The van der Waals surface area contributed by atoms with Gasteiger partial charge in [0.2, 0.25) is 0 Å². The van der Waals surface area contributed by atoms with Crippen molar-refractivity contribution in [1.29, 1.82) is 0 Å². The van der Waals surface area contributed by atoms with Gasteiger partial charge >= 0.3 is 0 Å². The lowest BCUT2D eigenvalue weighted by molar-refractivity contribution is -0.115. The molecule has 2 aromatic rings. The van der Waals surface area contributed by atoms with Crippen molar-refractivity contribution in [2.75, 3.05) is 18.1 Å². The third kappa shape index (κ3) is 3.41. The van der Waals surface area contributed by atoms with Crippen molar-refractivity contribution in [3.05, 3.63) is 57.2 Å². The molecule has 0 bridgehead atoms. The average molecular weight is 394 g/mol. The lowest BCUT2D eigenvalue weighted by atomic mass is 10.1. The predicted octanol–water partition coefficient (Wildman–Crippen LogP) is 4.33. The van der Waals surface area contributed by atoms with Crippen LogP contribution >= 0.6 is 27.5 Å². The second kappa shape index (κ2) is 6.72. The second-order valence-corrected chi connectivity index (χ2v) is 6.38. The van der Waals surface area contributed by atoms with Gasteiger partial charge in [-0.2, -0.15) is 0 Å². The van der Waals surface area contributed by atoms with Crippen molar-refractivity contribution in [3.63, 3.8) is 0 Å². The molecule has 118 valence electrons. The van der Waals surface area contributed by atoms with Crippen LogP contribution in [0.5, 0.6) is 5.75 Å². The molecule has 1 aliphatic rings. The van der Waals surface area contributed by atoms with E-state index in [0.29, 0.717) is 23.0 Å². The van der Waals surface area contributed by atoms with Crippen LogP contribution in [-0.4, -0.2) is 24.0 Å². The van der Waals surface area contributed by atoms with Crippen molar-refractivity contribution >= 4 is 45.3 Å². The molecule has 23 heavy (non-hydrogen) atoms. The van der Waals surface area contributed by atoms with E-state index < -0.39 is 0 Å². The summed E-state index contributed by atoms with van der Waals surface area (Å²) in [6, 6.07) is 9.03. The van der Waals surface area contributed by atoms with Crippen molar-refractivity contribution in [3.8, 4) is 5.75 Å². The fourth-order valence-electron chi connectivity index (χ4n) is 2.38. The number of fused-ring (bicyclic) bond motifs is 1. The molecule has 0 saturated heterocycles. The number of rotatable bonds is 3. The number of hydrogen-bond acceptors (Lipinski definition) is 3. The zero-order valence-electron chi connectivity index (χ0n) is 12.4. The van der Waals surface area contributed by atoms with Crippen LogP contribution in [0.4, 0.5) is 5.82 Å². The van der Waals surface area contributed by atoms with Gasteiger partial charge < -0.3 is 4.74 Å². The Morgan fingerprint density at radius 1 is 1.39 bits per heavy atom. The summed E-state index contributed by atoms with van der Waals surface area (Å²) in [4.78, 5) is 18.7. The molecular weight excluding hydrogens is 380 g/mol. The van der Waals surface area contributed by atoms with Gasteiger partial charge in [-0.1, -0.05) is 11.6 Å². The maximum Gasteiger partial charge on any atom is 0.258 e. The van der Waals surface area contributed by atoms with E-state index in [1.165, 1.54) is 0 Å². The van der Waals surface area contributed by atoms with Crippen molar-refractivity contribution in [2.45, 2.75) is 6.92 Å². The van der Waals surface area contributed by atoms with Gasteiger partial charge in [-0.3, -0.25) is 9.69 Å². The molecule has 0 saturated carbocycles. The van der Waals surface area contributed by atoms with Gasteiger partial charge in [-0.25, -0.2) is 4.98 Å². The van der Waals surface area contributed by atoms with E-state index in [9.17, 15) is 4.79 Å². The molecular formula is C17H14BrClN2O2. The van der Waals surface area contributed by atoms with Gasteiger partial charge in [0.15, 0.2) is 0 Å². The Hall–Kier alpha value is -1.85. The summed E-state index contributed by atoms with van der Waals surface area (Å²) in [5.41, 5.74) is 1.39. The average Bonchev–Trinajstić information content (AvgIpc) is 2.56. The highest BCUT2D eigenvalue weighted by atomic mass is 79.9. The molecule has 0 fully saturated rings. The summed E-state index contributed by atoms with van der Waals surface area (Å²) in [7, 11) is 0. The van der Waals surface area contributed by atoms with Crippen LogP contribution in [0.2, 0.25) is 5.02 Å². The normalized spacial score (nSPS) is 12.9. The lowest BCUT2D eigenvalue weighted by Gasteiger charge is -2.24. The summed E-state index contributed by atoms with van der Waals surface area (Å²) in [6.07, 6.45) is 3.50. The number of carbonyl (C=O) groups excluding carboxylic acids is 1. The zero-order chi connectivity index (χ0) is 16.4. The van der Waals surface area contributed by atoms with Crippen LogP contribution in [0.1, 0.15) is 12.5 Å². The number of aromatic nitrogens is 1. The highest BCUT2D eigenvalue weighted by molar-refractivity contribution is 9.10. The molecule has 0 atom stereocenters. The van der Waals surface area contributed by atoms with Crippen LogP contribution < -0.4 is 9.64 Å². The molecule has 1 aromatic heterocycles. The molecule has 1 aromatic carbocycles. The summed E-state index contributed by atoms with van der Waals surface area (Å²) in [6.45, 7) is 2.67. The van der Waals surface area contributed by atoms with Crippen LogP contribution in [0, 0.1) is 0 Å². The number of pyridine rings is 1. The monoisotopic (exact) mass is 392 g/mol. The number of benzene rings is 1. The minimum absolute atomic E-state index is 0.118. The van der Waals surface area contributed by atoms with Crippen molar-refractivity contribution in [2.24, 2.45) is 0 Å². The standard InChI is InChI=1S/C17H14BrClN2O2/c1-2-21(16-6-3-13(18)9-20-16)17(22)12-7-11-8-14(19)4-5-15(11)23-10-12/h3-9H,2,10H2,1H3. The molecule has 1 aliphatic heterocycles. The Morgan fingerprint density at radius 3 is 2.91 bits per heavy atom. The molecule has 0 aliphatic carbocycles. The van der Waals surface area contributed by atoms with E-state index >= 15 is 0 Å². The summed E-state index contributed by atoms with van der Waals surface area (Å²) in [5, 5.41) is 0.610. The number of ether oxygens (including phenoxy) is 1. The fourth-order valence-corrected chi connectivity index (χ4v) is 2.80. The Morgan fingerprint density at radius 2 is 2.22 bits per heavy atom. The molecule has 3 rings (SSSR count). The van der Waals surface area contributed by atoms with Gasteiger partial charge in [-0.15, -0.1) is 0 Å². The minimum Gasteiger partial charge on any atom is -0.488 e. The van der Waals surface area contributed by atoms with Gasteiger partial charge in [0.1, 0.15) is 18.2 Å². The Kier molecular flexibility index (Phi) is 4.68. The van der Waals surface area contributed by atoms with Crippen LogP contribution in [0.15, 0.2) is 46.6 Å². The summed E-state index contributed by atoms with van der Waals surface area (Å²) >= 11 is 9.35. The molecule has 6 heteroatoms. The van der Waals surface area contributed by atoms with Gasteiger partial charge in [0.05, 0.1) is 5.57 Å². The number of hydrogen-bond donors (Lipinski definition) is 0. The van der Waals surface area contributed by atoms with Crippen LogP contribution in [0.3, 0.4) is 0 Å². The molecule has 0 N–H and O–H groups in total. The Labute approximate surface area is 147 Å². The molecule has 1 amide bonds. The molecule has 2 heterocycles. The molecule has 4 nitrogen and oxygen atoms in total. The third-order valence-corrected chi connectivity index (χ3v) is 4.21. The van der Waals surface area contributed by atoms with Gasteiger partial charge in [0.25, 0.3) is 5.91 Å². The number of anilines is 1. The number of likely N-dealkylation sites (N-methyl/N-ethyl adjacent to an activating group) is 1. The highest BCUT2D eigenvalue weighted by Crippen LogP contribution is 2.30. The van der Waals surface area contributed by atoms with E-state index in [4.69, 9.17) is 16.3 Å². The Balaban J connectivity index is 1.91. The van der Waals surface area contributed by atoms with Gasteiger partial charge in [0, 0.05) is 27.8 Å². The maximum absolute atomic E-state index is 12.8. The molecule has 0 spiro atoms. The molecule has 0 unspecified atom stereocenters. The quantitative estimate of drug-likeness (QED) is 0.779. The maximum atomic E-state index is 12.8. The highest BCUT2D eigenvalue weighted by Gasteiger charge is 2.23. The Bertz CT molecular complexity index is 775. The largest absolute Gasteiger partial charge is 0.488 e. The predicted molar refractivity (Wildman–Crippen MR) is 94.9 cm³/mol. The topological polar surface area (TPSA) is 42.4 Å². The third-order valence-electron chi connectivity index (χ3n) is 3.51. The SMILES string of the molecule is CCN(C(=O)C1=Cc2cc(Cl)ccc2OC1)c1ccc(Br)cn1. The lowest BCUT2D eigenvalue weighted by Crippen LogP contribution is -2.34. The summed E-state index contributed by atoms with van der Waals surface area (Å²) in [5.74, 6) is 1.22. The second-order valence-electron chi connectivity index (χ2n) is 5.02. The summed E-state index contributed by atoms with van der Waals surface area (Å²) < 4.78 is 6.53. The number of amides is 1. The first kappa shape index (κ1) is 16.0. The van der Waals surface area contributed by atoms with Crippen molar-refractivity contribution < 1.29 is 9.53 Å². The van der Waals surface area contributed by atoms with Gasteiger partial charge in [-0.05, 0) is 59.3 Å². The fraction of sp³-hybridized carbons (Fsp3) is 0.176. The first-order valence-electron chi connectivity index (χ1n) is 7.15. The first-order chi connectivity index (χ1) is 11.1. The van der Waals surface area contributed by atoms with Crippen LogP contribution in [-0.2, 0) is 4.79 Å².